The predicted molar refractivity (Wildman–Crippen MR) is 104 cm³/mol. The van der Waals surface area contributed by atoms with Crippen LogP contribution in [0.1, 0.15) is 22.8 Å². The molecule has 27 heavy (non-hydrogen) atoms. The molecule has 1 aliphatic rings. The first kappa shape index (κ1) is 18.9. The van der Waals surface area contributed by atoms with Gasteiger partial charge in [-0.1, -0.05) is 11.6 Å². The van der Waals surface area contributed by atoms with Crippen LogP contribution in [0.15, 0.2) is 35.4 Å². The zero-order valence-electron chi connectivity index (χ0n) is 15.1. The Labute approximate surface area is 162 Å². The molecular weight excluding hydrogens is 370 g/mol. The Balaban J connectivity index is 1.89. The normalized spacial score (nSPS) is 13.2. The van der Waals surface area contributed by atoms with Crippen molar-refractivity contribution in [3.05, 3.63) is 46.5 Å². The van der Waals surface area contributed by atoms with Gasteiger partial charge in [0.1, 0.15) is 19.0 Å². The van der Waals surface area contributed by atoms with Crippen LogP contribution in [0.4, 0.5) is 5.69 Å². The lowest BCUT2D eigenvalue weighted by Gasteiger charge is -2.21. The second-order valence-corrected chi connectivity index (χ2v) is 6.16. The van der Waals surface area contributed by atoms with Gasteiger partial charge in [-0.2, -0.15) is 0 Å². The van der Waals surface area contributed by atoms with Gasteiger partial charge in [0.15, 0.2) is 11.5 Å². The van der Waals surface area contributed by atoms with Gasteiger partial charge in [0, 0.05) is 5.56 Å². The van der Waals surface area contributed by atoms with Crippen molar-refractivity contribution in [1.82, 2.24) is 0 Å². The Kier molecular flexibility index (Phi) is 5.76. The number of anilines is 1. The van der Waals surface area contributed by atoms with Crippen LogP contribution < -0.4 is 24.7 Å². The van der Waals surface area contributed by atoms with Crippen molar-refractivity contribution < 1.29 is 23.7 Å². The molecule has 0 aromatic heterocycles. The molecule has 0 amide bonds. The molecule has 3 rings (SSSR count). The fraction of sp³-hybridized carbons (Fsp3) is 0.250. The molecule has 0 fully saturated rings. The van der Waals surface area contributed by atoms with Gasteiger partial charge in [0.2, 0.25) is 11.5 Å². The number of ether oxygens (including phenoxy) is 4. The SMILES string of the molecule is CCOc1ccc(C(=O)C(Cl)=Cc2cc(OC)c3c(c2)OCCO3)cc1N. The lowest BCUT2D eigenvalue weighted by Crippen LogP contribution is -2.16. The topological polar surface area (TPSA) is 80.0 Å². The van der Waals surface area contributed by atoms with Crippen LogP contribution in [0.2, 0.25) is 0 Å². The standard InChI is InChI=1S/C20H20ClNO5/c1-3-25-16-5-4-13(11-15(16)22)19(23)14(21)8-12-9-17(24-2)20-18(10-12)26-6-7-27-20/h4-5,8-11H,3,6-7,22H2,1-2H3. The van der Waals surface area contributed by atoms with E-state index in [1.54, 1.807) is 36.4 Å². The Morgan fingerprint density at radius 2 is 2.00 bits per heavy atom. The average Bonchev–Trinajstić information content (AvgIpc) is 2.68. The maximum atomic E-state index is 12.6. The van der Waals surface area contributed by atoms with Crippen LogP contribution in [0.5, 0.6) is 23.0 Å². The summed E-state index contributed by atoms with van der Waals surface area (Å²) in [5.41, 5.74) is 7.35. The lowest BCUT2D eigenvalue weighted by atomic mass is 10.1. The summed E-state index contributed by atoms with van der Waals surface area (Å²) in [6.07, 6.45) is 1.55. The maximum Gasteiger partial charge on any atom is 0.204 e. The minimum Gasteiger partial charge on any atom is -0.493 e. The van der Waals surface area contributed by atoms with Crippen LogP contribution in [0, 0.1) is 0 Å². The molecule has 0 bridgehead atoms. The van der Waals surface area contributed by atoms with E-state index in [4.69, 9.17) is 36.3 Å². The third-order valence-electron chi connectivity index (χ3n) is 3.93. The fourth-order valence-electron chi connectivity index (χ4n) is 2.70. The van der Waals surface area contributed by atoms with Crippen molar-refractivity contribution in [3.63, 3.8) is 0 Å². The second kappa shape index (κ2) is 8.22. The average molecular weight is 390 g/mol. The summed E-state index contributed by atoms with van der Waals surface area (Å²) in [7, 11) is 1.54. The van der Waals surface area contributed by atoms with Gasteiger partial charge >= 0.3 is 0 Å². The van der Waals surface area contributed by atoms with E-state index in [1.165, 1.54) is 7.11 Å². The molecule has 1 heterocycles. The Bertz CT molecular complexity index is 877. The summed E-state index contributed by atoms with van der Waals surface area (Å²) in [4.78, 5) is 12.6. The van der Waals surface area contributed by atoms with Crippen molar-refractivity contribution in [2.75, 3.05) is 32.7 Å². The highest BCUT2D eigenvalue weighted by atomic mass is 35.5. The molecule has 6 nitrogen and oxygen atoms in total. The van der Waals surface area contributed by atoms with E-state index in [1.807, 2.05) is 6.92 Å². The van der Waals surface area contributed by atoms with Crippen molar-refractivity contribution in [3.8, 4) is 23.0 Å². The summed E-state index contributed by atoms with van der Waals surface area (Å²) < 4.78 is 21.9. The molecule has 0 aliphatic carbocycles. The maximum absolute atomic E-state index is 12.6. The van der Waals surface area contributed by atoms with Gasteiger partial charge in [-0.15, -0.1) is 0 Å². The molecule has 0 spiro atoms. The third kappa shape index (κ3) is 4.11. The Hall–Kier alpha value is -2.86. The van der Waals surface area contributed by atoms with Crippen molar-refractivity contribution in [1.29, 1.82) is 0 Å². The Morgan fingerprint density at radius 1 is 1.22 bits per heavy atom. The number of rotatable bonds is 6. The molecule has 0 saturated carbocycles. The van der Waals surface area contributed by atoms with Gasteiger partial charge in [-0.3, -0.25) is 4.79 Å². The number of carbonyl (C=O) groups excluding carboxylic acids is 1. The number of methoxy groups -OCH3 is 1. The highest BCUT2D eigenvalue weighted by Gasteiger charge is 2.19. The van der Waals surface area contributed by atoms with Crippen molar-refractivity contribution in [2.45, 2.75) is 6.92 Å². The molecular formula is C20H20ClNO5. The zero-order chi connectivity index (χ0) is 19.4. The van der Waals surface area contributed by atoms with E-state index >= 15 is 0 Å². The lowest BCUT2D eigenvalue weighted by molar-refractivity contribution is 0.104. The second-order valence-electron chi connectivity index (χ2n) is 5.75. The van der Waals surface area contributed by atoms with Crippen LogP contribution in [-0.2, 0) is 0 Å². The third-order valence-corrected chi connectivity index (χ3v) is 4.21. The smallest absolute Gasteiger partial charge is 0.204 e. The number of nitrogens with two attached hydrogens (primary N) is 1. The number of hydrogen-bond donors (Lipinski definition) is 1. The summed E-state index contributed by atoms with van der Waals surface area (Å²) in [5.74, 6) is 1.79. The first-order chi connectivity index (χ1) is 13.0. The van der Waals surface area contributed by atoms with E-state index in [0.29, 0.717) is 59.6 Å². The highest BCUT2D eigenvalue weighted by molar-refractivity contribution is 6.47. The monoisotopic (exact) mass is 389 g/mol. The number of nitrogen functional groups attached to an aromatic ring is 1. The summed E-state index contributed by atoms with van der Waals surface area (Å²) in [5, 5.41) is 0.0392. The number of fused-ring (bicyclic) bond motifs is 1. The van der Waals surface area contributed by atoms with E-state index in [2.05, 4.69) is 0 Å². The molecule has 142 valence electrons. The van der Waals surface area contributed by atoms with Gasteiger partial charge in [-0.05, 0) is 48.9 Å². The fourth-order valence-corrected chi connectivity index (χ4v) is 2.94. The molecule has 2 aromatic rings. The number of carbonyl (C=O) groups is 1. The van der Waals surface area contributed by atoms with E-state index < -0.39 is 0 Å². The molecule has 0 radical (unpaired) electrons. The number of hydrogen-bond acceptors (Lipinski definition) is 6. The van der Waals surface area contributed by atoms with Crippen LogP contribution in [-0.4, -0.2) is 32.7 Å². The van der Waals surface area contributed by atoms with E-state index in [9.17, 15) is 4.79 Å². The largest absolute Gasteiger partial charge is 0.493 e. The first-order valence-electron chi connectivity index (χ1n) is 8.45. The van der Waals surface area contributed by atoms with Crippen LogP contribution in [0.25, 0.3) is 6.08 Å². The molecule has 7 heteroatoms. The zero-order valence-corrected chi connectivity index (χ0v) is 15.8. The molecule has 1 aliphatic heterocycles. The quantitative estimate of drug-likeness (QED) is 0.458. The minimum atomic E-state index is -0.347. The molecule has 2 N–H and O–H groups in total. The number of halogens is 1. The molecule has 0 saturated heterocycles. The van der Waals surface area contributed by atoms with Crippen LogP contribution in [0.3, 0.4) is 0 Å². The Morgan fingerprint density at radius 3 is 2.70 bits per heavy atom. The number of benzene rings is 2. The summed E-state index contributed by atoms with van der Waals surface area (Å²) in [6, 6.07) is 8.32. The summed E-state index contributed by atoms with van der Waals surface area (Å²) in [6.45, 7) is 3.25. The van der Waals surface area contributed by atoms with Gasteiger partial charge in [-0.25, -0.2) is 0 Å². The number of allylic oxidation sites excluding steroid dienone is 1. The van der Waals surface area contributed by atoms with E-state index in [0.717, 1.165) is 0 Å². The predicted octanol–water partition coefficient (Wildman–Crippen LogP) is 3.91. The number of ketones is 1. The minimum absolute atomic E-state index is 0.0392. The van der Waals surface area contributed by atoms with Crippen molar-refractivity contribution >= 4 is 29.1 Å². The van der Waals surface area contributed by atoms with Crippen LogP contribution >= 0.6 is 11.6 Å². The van der Waals surface area contributed by atoms with Gasteiger partial charge in [0.25, 0.3) is 0 Å². The number of Topliss-reactive ketones (excluding diaryl/α,β-unsaturated/α-hetero) is 1. The van der Waals surface area contributed by atoms with Crippen molar-refractivity contribution in [2.24, 2.45) is 0 Å². The van der Waals surface area contributed by atoms with Gasteiger partial charge in [0.05, 0.1) is 24.4 Å². The highest BCUT2D eigenvalue weighted by Crippen LogP contribution is 2.41. The van der Waals surface area contributed by atoms with Gasteiger partial charge < -0.3 is 24.7 Å². The molecule has 0 unspecified atom stereocenters. The molecule has 2 aromatic carbocycles. The molecule has 0 atom stereocenters. The summed E-state index contributed by atoms with van der Waals surface area (Å²) >= 11 is 6.26. The van der Waals surface area contributed by atoms with E-state index in [-0.39, 0.29) is 10.8 Å². The first-order valence-corrected chi connectivity index (χ1v) is 8.83.